The molecule has 0 unspecified atom stereocenters. The van der Waals surface area contributed by atoms with E-state index in [1.807, 2.05) is 19.1 Å². The van der Waals surface area contributed by atoms with Crippen molar-refractivity contribution in [1.82, 2.24) is 4.98 Å². The molecular weight excluding hydrogens is 256 g/mol. The molecule has 102 valence electrons. The predicted molar refractivity (Wildman–Crippen MR) is 75.0 cm³/mol. The third kappa shape index (κ3) is 3.20. The highest BCUT2D eigenvalue weighted by Crippen LogP contribution is 2.11. The van der Waals surface area contributed by atoms with Gasteiger partial charge in [0.25, 0.3) is 5.91 Å². The topological polar surface area (TPSA) is 79.3 Å². The fourth-order valence-corrected chi connectivity index (χ4v) is 1.72. The molecule has 20 heavy (non-hydrogen) atoms. The van der Waals surface area contributed by atoms with Gasteiger partial charge in [-0.15, -0.1) is 0 Å². The zero-order valence-electron chi connectivity index (χ0n) is 11.0. The zero-order chi connectivity index (χ0) is 14.5. The molecule has 2 N–H and O–H groups in total. The number of carbonyl (C=O) groups excluding carboxylic acids is 1. The van der Waals surface area contributed by atoms with Crippen molar-refractivity contribution in [1.29, 1.82) is 0 Å². The number of hydrogen-bond acceptors (Lipinski definition) is 3. The molecule has 0 aliphatic carbocycles. The van der Waals surface area contributed by atoms with Crippen LogP contribution in [0.25, 0.3) is 0 Å². The van der Waals surface area contributed by atoms with Crippen LogP contribution in [-0.2, 0) is 6.42 Å². The second-order valence-electron chi connectivity index (χ2n) is 4.24. The van der Waals surface area contributed by atoms with Crippen LogP contribution in [0.2, 0.25) is 0 Å². The van der Waals surface area contributed by atoms with Gasteiger partial charge < -0.3 is 10.4 Å². The van der Waals surface area contributed by atoms with Crippen molar-refractivity contribution < 1.29 is 14.7 Å². The van der Waals surface area contributed by atoms with Crippen LogP contribution >= 0.6 is 0 Å². The van der Waals surface area contributed by atoms with Crippen molar-refractivity contribution >= 4 is 17.6 Å². The Morgan fingerprint density at radius 2 is 1.90 bits per heavy atom. The maximum absolute atomic E-state index is 12.0. The molecule has 0 aliphatic heterocycles. The summed E-state index contributed by atoms with van der Waals surface area (Å²) in [6, 6.07) is 10.1. The molecule has 1 aromatic carbocycles. The van der Waals surface area contributed by atoms with Crippen LogP contribution < -0.4 is 5.32 Å². The summed E-state index contributed by atoms with van der Waals surface area (Å²) in [5.41, 5.74) is 1.97. The molecule has 5 heteroatoms. The van der Waals surface area contributed by atoms with Crippen LogP contribution in [0.5, 0.6) is 0 Å². The van der Waals surface area contributed by atoms with E-state index in [0.29, 0.717) is 11.3 Å². The highest BCUT2D eigenvalue weighted by atomic mass is 16.4. The Bertz CT molecular complexity index is 636. The molecule has 0 aliphatic rings. The summed E-state index contributed by atoms with van der Waals surface area (Å²) in [6.45, 7) is 2.04. The van der Waals surface area contributed by atoms with Crippen molar-refractivity contribution in [2.75, 3.05) is 5.32 Å². The summed E-state index contributed by atoms with van der Waals surface area (Å²) in [5.74, 6) is -1.41. The number of nitrogens with one attached hydrogen (secondary N) is 1. The van der Waals surface area contributed by atoms with Gasteiger partial charge in [0.2, 0.25) is 0 Å². The molecule has 1 aromatic heterocycles. The Kier molecular flexibility index (Phi) is 4.10. The van der Waals surface area contributed by atoms with Crippen LogP contribution in [0.15, 0.2) is 42.6 Å². The number of aromatic carboxylic acids is 1. The maximum atomic E-state index is 12.0. The molecule has 5 nitrogen and oxygen atoms in total. The second kappa shape index (κ2) is 5.97. The summed E-state index contributed by atoms with van der Waals surface area (Å²) in [6.07, 6.45) is 2.26. The molecule has 0 saturated carbocycles. The predicted octanol–water partition coefficient (Wildman–Crippen LogP) is 2.59. The molecule has 0 saturated heterocycles. The molecule has 0 spiro atoms. The van der Waals surface area contributed by atoms with E-state index in [1.165, 1.54) is 12.3 Å². The number of aryl methyl sites for hydroxylation is 1. The minimum absolute atomic E-state index is 0.107. The summed E-state index contributed by atoms with van der Waals surface area (Å²) in [5, 5.41) is 11.5. The van der Waals surface area contributed by atoms with Crippen molar-refractivity contribution in [3.63, 3.8) is 0 Å². The number of nitrogens with zero attached hydrogens (tertiary/aromatic N) is 1. The summed E-state index contributed by atoms with van der Waals surface area (Å²) in [7, 11) is 0. The minimum Gasteiger partial charge on any atom is -0.477 e. The number of carboxylic acid groups (broad SMARTS) is 1. The van der Waals surface area contributed by atoms with Gasteiger partial charge in [-0.3, -0.25) is 4.79 Å². The number of carboxylic acids is 1. The number of anilines is 1. The van der Waals surface area contributed by atoms with Crippen LogP contribution in [0.4, 0.5) is 5.69 Å². The normalized spacial score (nSPS) is 10.1. The molecule has 1 heterocycles. The lowest BCUT2D eigenvalue weighted by Gasteiger charge is -2.06. The SMILES string of the molecule is CCc1ccc(C(=O)Nc2ccnc(C(=O)O)c2)cc1. The number of benzene rings is 1. The van der Waals surface area contributed by atoms with E-state index >= 15 is 0 Å². The zero-order valence-corrected chi connectivity index (χ0v) is 11.0. The Morgan fingerprint density at radius 3 is 2.50 bits per heavy atom. The lowest BCUT2D eigenvalue weighted by molar-refractivity contribution is 0.0690. The molecule has 0 fully saturated rings. The van der Waals surface area contributed by atoms with E-state index in [0.717, 1.165) is 12.0 Å². The highest BCUT2D eigenvalue weighted by molar-refractivity contribution is 6.04. The fraction of sp³-hybridized carbons (Fsp3) is 0.133. The van der Waals surface area contributed by atoms with E-state index in [4.69, 9.17) is 5.11 Å². The van der Waals surface area contributed by atoms with Crippen LogP contribution in [0.1, 0.15) is 33.3 Å². The summed E-state index contributed by atoms with van der Waals surface area (Å²) >= 11 is 0. The van der Waals surface area contributed by atoms with E-state index in [9.17, 15) is 9.59 Å². The molecule has 0 radical (unpaired) electrons. The summed E-state index contributed by atoms with van der Waals surface area (Å²) < 4.78 is 0. The number of pyridine rings is 1. The fourth-order valence-electron chi connectivity index (χ4n) is 1.72. The standard InChI is InChI=1S/C15H14N2O3/c1-2-10-3-5-11(6-4-10)14(18)17-12-7-8-16-13(9-12)15(19)20/h3-9H,2H2,1H3,(H,19,20)(H,16,17,18). The smallest absolute Gasteiger partial charge is 0.354 e. The minimum atomic E-state index is -1.13. The first-order valence-electron chi connectivity index (χ1n) is 6.20. The largest absolute Gasteiger partial charge is 0.477 e. The van der Waals surface area contributed by atoms with Crippen LogP contribution in [-0.4, -0.2) is 22.0 Å². The van der Waals surface area contributed by atoms with E-state index < -0.39 is 5.97 Å². The number of amides is 1. The van der Waals surface area contributed by atoms with Crippen LogP contribution in [0.3, 0.4) is 0 Å². The van der Waals surface area contributed by atoms with Gasteiger partial charge in [-0.2, -0.15) is 0 Å². The van der Waals surface area contributed by atoms with Crippen molar-refractivity contribution in [2.24, 2.45) is 0 Å². The average Bonchev–Trinajstić information content (AvgIpc) is 2.47. The Hall–Kier alpha value is -2.69. The lowest BCUT2D eigenvalue weighted by atomic mass is 10.1. The number of hydrogen-bond donors (Lipinski definition) is 2. The Balaban J connectivity index is 2.14. The molecule has 0 atom stereocenters. The van der Waals surface area contributed by atoms with Gasteiger partial charge in [0.05, 0.1) is 0 Å². The van der Waals surface area contributed by atoms with Crippen molar-refractivity contribution in [3.05, 3.63) is 59.4 Å². The first-order valence-corrected chi connectivity index (χ1v) is 6.20. The molecule has 2 aromatic rings. The molecule has 0 bridgehead atoms. The average molecular weight is 270 g/mol. The molecule has 1 amide bonds. The molecular formula is C15H14N2O3. The first kappa shape index (κ1) is 13.7. The van der Waals surface area contributed by atoms with Gasteiger partial charge in [-0.1, -0.05) is 19.1 Å². The van der Waals surface area contributed by atoms with Gasteiger partial charge in [0.1, 0.15) is 5.69 Å². The second-order valence-corrected chi connectivity index (χ2v) is 4.24. The van der Waals surface area contributed by atoms with Gasteiger partial charge in [-0.05, 0) is 36.2 Å². The maximum Gasteiger partial charge on any atom is 0.354 e. The van der Waals surface area contributed by atoms with Gasteiger partial charge in [0.15, 0.2) is 0 Å². The number of aromatic nitrogens is 1. The van der Waals surface area contributed by atoms with E-state index in [2.05, 4.69) is 10.3 Å². The van der Waals surface area contributed by atoms with E-state index in [1.54, 1.807) is 18.2 Å². The van der Waals surface area contributed by atoms with Crippen molar-refractivity contribution in [3.8, 4) is 0 Å². The third-order valence-electron chi connectivity index (χ3n) is 2.86. The molecule has 2 rings (SSSR count). The quantitative estimate of drug-likeness (QED) is 0.895. The van der Waals surface area contributed by atoms with E-state index in [-0.39, 0.29) is 11.6 Å². The lowest BCUT2D eigenvalue weighted by Crippen LogP contribution is -2.12. The summed E-state index contributed by atoms with van der Waals surface area (Å²) in [4.78, 5) is 26.5. The highest BCUT2D eigenvalue weighted by Gasteiger charge is 2.09. The van der Waals surface area contributed by atoms with Gasteiger partial charge in [-0.25, -0.2) is 9.78 Å². The Morgan fingerprint density at radius 1 is 1.20 bits per heavy atom. The van der Waals surface area contributed by atoms with Crippen molar-refractivity contribution in [2.45, 2.75) is 13.3 Å². The monoisotopic (exact) mass is 270 g/mol. The van der Waals surface area contributed by atoms with Gasteiger partial charge >= 0.3 is 5.97 Å². The number of carbonyl (C=O) groups is 2. The van der Waals surface area contributed by atoms with Gasteiger partial charge in [0, 0.05) is 17.4 Å². The van der Waals surface area contributed by atoms with Crippen LogP contribution in [0, 0.1) is 0 Å². The third-order valence-corrected chi connectivity index (χ3v) is 2.86. The number of rotatable bonds is 4. The first-order chi connectivity index (χ1) is 9.60. The Labute approximate surface area is 116 Å².